The monoisotopic (exact) mass is 599 g/mol. The second-order valence-electron chi connectivity index (χ2n) is 9.26. The predicted octanol–water partition coefficient (Wildman–Crippen LogP) is 3.72. The van der Waals surface area contributed by atoms with E-state index < -0.39 is 29.5 Å². The molecule has 1 aliphatic rings. The molecule has 0 unspecified atom stereocenters. The number of carboxylic acids is 2. The topological polar surface area (TPSA) is 195 Å². The van der Waals surface area contributed by atoms with Gasteiger partial charge in [-0.25, -0.2) is 23.4 Å². The second kappa shape index (κ2) is 14.6. The number of nitrogens with one attached hydrogen (secondary N) is 2. The summed E-state index contributed by atoms with van der Waals surface area (Å²) in [4.78, 5) is 39.2. The number of hydrogen-bond donors (Lipinski definition) is 5. The molecule has 2 aromatic heterocycles. The van der Waals surface area contributed by atoms with Crippen LogP contribution in [0.2, 0.25) is 0 Å². The second-order valence-corrected chi connectivity index (χ2v) is 9.26. The molecule has 5 rings (SSSR count). The molecular weight excluding hydrogens is 568 g/mol. The van der Waals surface area contributed by atoms with Crippen LogP contribution >= 0.6 is 0 Å². The van der Waals surface area contributed by atoms with Crippen molar-refractivity contribution in [3.8, 4) is 17.0 Å². The lowest BCUT2D eigenvalue weighted by Crippen LogP contribution is -2.30. The Kier molecular flexibility index (Phi) is 11.0. The van der Waals surface area contributed by atoms with Crippen LogP contribution in [-0.2, 0) is 9.59 Å². The van der Waals surface area contributed by atoms with E-state index in [0.717, 1.165) is 51.9 Å². The third-order valence-electron chi connectivity index (χ3n) is 6.07. The van der Waals surface area contributed by atoms with Gasteiger partial charge in [0.05, 0.1) is 29.8 Å². The maximum absolute atomic E-state index is 14.0. The smallest absolute Gasteiger partial charge is 0.300 e. The van der Waals surface area contributed by atoms with Crippen LogP contribution in [0.25, 0.3) is 22.3 Å². The normalized spacial score (nSPS) is 12.8. The number of hydrogen-bond acceptors (Lipinski definition) is 9. The number of anilines is 2. The Balaban J connectivity index is 0.000000566. The minimum absolute atomic E-state index is 0.174. The molecule has 0 spiro atoms. The standard InChI is InChI=1S/C24H23F2N7O2.2C2H4O2/c1-35-19-10-13(2-5-18(19)31-24(34)16-4-3-14(25)11-17(16)26)21-20-22(27)29-12-30-23(20)33(32-21)15-6-8-28-9-7-15;2*1-2(3)4/h2-5,10-12,15,28H,6-9H2,1H3,(H,31,34)(H2,27,29,30);2*1H3,(H,3,4). The van der Waals surface area contributed by atoms with Crippen LogP contribution in [-0.4, -0.2) is 68.0 Å². The van der Waals surface area contributed by atoms with Crippen LogP contribution in [0.15, 0.2) is 42.7 Å². The molecule has 1 fully saturated rings. The molecule has 2 aromatic carbocycles. The highest BCUT2D eigenvalue weighted by atomic mass is 19.1. The Morgan fingerprint density at radius 1 is 1.05 bits per heavy atom. The van der Waals surface area contributed by atoms with Gasteiger partial charge in [-0.2, -0.15) is 5.10 Å². The third kappa shape index (κ3) is 8.42. The molecule has 15 heteroatoms. The predicted molar refractivity (Wildman–Crippen MR) is 154 cm³/mol. The van der Waals surface area contributed by atoms with Crippen molar-refractivity contribution in [3.63, 3.8) is 0 Å². The van der Waals surface area contributed by atoms with Crippen molar-refractivity contribution in [1.82, 2.24) is 25.1 Å². The number of benzene rings is 2. The van der Waals surface area contributed by atoms with Gasteiger partial charge in [0.2, 0.25) is 0 Å². The summed E-state index contributed by atoms with van der Waals surface area (Å²) in [5.41, 5.74) is 8.20. The van der Waals surface area contributed by atoms with E-state index in [1.807, 2.05) is 4.68 Å². The van der Waals surface area contributed by atoms with E-state index in [-0.39, 0.29) is 11.6 Å². The number of carbonyl (C=O) groups is 3. The number of rotatable bonds is 5. The first-order valence-electron chi connectivity index (χ1n) is 13.0. The van der Waals surface area contributed by atoms with Crippen molar-refractivity contribution >= 4 is 40.4 Å². The Hall–Kier alpha value is -5.18. The van der Waals surface area contributed by atoms with Crippen molar-refractivity contribution in [3.05, 3.63) is 59.9 Å². The lowest BCUT2D eigenvalue weighted by molar-refractivity contribution is -0.135. The highest BCUT2D eigenvalue weighted by molar-refractivity contribution is 6.05. The highest BCUT2D eigenvalue weighted by Crippen LogP contribution is 2.37. The lowest BCUT2D eigenvalue weighted by atomic mass is 10.1. The van der Waals surface area contributed by atoms with Gasteiger partial charge in [0.1, 0.15) is 35.2 Å². The summed E-state index contributed by atoms with van der Waals surface area (Å²) in [6, 6.07) is 8.03. The third-order valence-corrected chi connectivity index (χ3v) is 6.07. The largest absolute Gasteiger partial charge is 0.495 e. The van der Waals surface area contributed by atoms with E-state index in [9.17, 15) is 13.6 Å². The first-order chi connectivity index (χ1) is 20.4. The van der Waals surface area contributed by atoms with Gasteiger partial charge < -0.3 is 31.3 Å². The lowest BCUT2D eigenvalue weighted by Gasteiger charge is -2.23. The van der Waals surface area contributed by atoms with Crippen molar-refractivity contribution in [2.75, 3.05) is 31.2 Å². The minimum Gasteiger partial charge on any atom is -0.495 e. The molecule has 0 atom stereocenters. The summed E-state index contributed by atoms with van der Waals surface area (Å²) in [6.45, 7) is 3.94. The summed E-state index contributed by atoms with van der Waals surface area (Å²) >= 11 is 0. The maximum atomic E-state index is 14.0. The van der Waals surface area contributed by atoms with Crippen molar-refractivity contribution in [1.29, 1.82) is 0 Å². The Morgan fingerprint density at radius 3 is 2.30 bits per heavy atom. The van der Waals surface area contributed by atoms with E-state index in [4.69, 9.17) is 35.4 Å². The summed E-state index contributed by atoms with van der Waals surface area (Å²) in [5, 5.41) is 26.3. The first-order valence-corrected chi connectivity index (χ1v) is 13.0. The Labute approximate surface area is 244 Å². The minimum atomic E-state index is -0.955. The number of aromatic nitrogens is 4. The summed E-state index contributed by atoms with van der Waals surface area (Å²) < 4.78 is 34.6. The highest BCUT2D eigenvalue weighted by Gasteiger charge is 2.24. The Morgan fingerprint density at radius 2 is 1.70 bits per heavy atom. The summed E-state index contributed by atoms with van der Waals surface area (Å²) in [5.74, 6) is -3.47. The number of aliphatic carboxylic acids is 2. The van der Waals surface area contributed by atoms with Crippen LogP contribution in [0.3, 0.4) is 0 Å². The average molecular weight is 600 g/mol. The first kappa shape index (κ1) is 32.3. The van der Waals surface area contributed by atoms with Gasteiger partial charge in [0.15, 0.2) is 5.65 Å². The van der Waals surface area contributed by atoms with E-state index >= 15 is 0 Å². The number of ether oxygens (including phenoxy) is 1. The molecule has 228 valence electrons. The maximum Gasteiger partial charge on any atom is 0.300 e. The molecule has 1 amide bonds. The number of methoxy groups -OCH3 is 1. The van der Waals surface area contributed by atoms with Gasteiger partial charge in [-0.1, -0.05) is 6.07 Å². The molecule has 1 aliphatic heterocycles. The number of fused-ring (bicyclic) bond motifs is 1. The fourth-order valence-electron chi connectivity index (χ4n) is 4.31. The average Bonchev–Trinajstić information content (AvgIpc) is 3.34. The molecular formula is C28H31F2N7O6. The summed E-state index contributed by atoms with van der Waals surface area (Å²) in [6.07, 6.45) is 3.25. The molecule has 0 aliphatic carbocycles. The van der Waals surface area contributed by atoms with Gasteiger partial charge in [0, 0.05) is 25.5 Å². The zero-order valence-corrected chi connectivity index (χ0v) is 23.6. The number of carboxylic acid groups (broad SMARTS) is 2. The van der Waals surface area contributed by atoms with Crippen LogP contribution in [0, 0.1) is 11.6 Å². The van der Waals surface area contributed by atoms with Crippen molar-refractivity contribution in [2.45, 2.75) is 32.7 Å². The molecule has 4 aromatic rings. The number of nitrogens with zero attached hydrogens (tertiary/aromatic N) is 4. The summed E-state index contributed by atoms with van der Waals surface area (Å²) in [7, 11) is 1.45. The van der Waals surface area contributed by atoms with Crippen LogP contribution in [0.4, 0.5) is 20.3 Å². The molecule has 1 saturated heterocycles. The SMILES string of the molecule is CC(=O)O.CC(=O)O.COc1cc(-c2nn(C3CCNCC3)c3ncnc(N)c23)ccc1NC(=O)c1ccc(F)cc1F. The number of nitrogens with two attached hydrogens (primary N) is 1. The molecule has 0 saturated carbocycles. The van der Waals surface area contributed by atoms with Gasteiger partial charge >= 0.3 is 0 Å². The van der Waals surface area contributed by atoms with Crippen LogP contribution < -0.4 is 21.1 Å². The number of amides is 1. The van der Waals surface area contributed by atoms with Gasteiger partial charge in [-0.3, -0.25) is 14.4 Å². The fraction of sp³-hybridized carbons (Fsp3) is 0.286. The molecule has 6 N–H and O–H groups in total. The number of piperidine rings is 1. The van der Waals surface area contributed by atoms with E-state index in [0.29, 0.717) is 45.6 Å². The van der Waals surface area contributed by atoms with Gasteiger partial charge in [-0.05, 0) is 50.2 Å². The van der Waals surface area contributed by atoms with Crippen molar-refractivity contribution in [2.24, 2.45) is 0 Å². The van der Waals surface area contributed by atoms with E-state index in [2.05, 4.69) is 20.6 Å². The van der Waals surface area contributed by atoms with Crippen molar-refractivity contribution < 1.29 is 38.1 Å². The van der Waals surface area contributed by atoms with Crippen LogP contribution in [0.5, 0.6) is 5.75 Å². The molecule has 0 radical (unpaired) electrons. The molecule has 43 heavy (non-hydrogen) atoms. The van der Waals surface area contributed by atoms with Gasteiger partial charge in [-0.15, -0.1) is 0 Å². The van der Waals surface area contributed by atoms with E-state index in [1.54, 1.807) is 18.2 Å². The number of nitrogen functional groups attached to an aromatic ring is 1. The van der Waals surface area contributed by atoms with E-state index in [1.165, 1.54) is 13.4 Å². The Bertz CT molecular complexity index is 1600. The zero-order valence-electron chi connectivity index (χ0n) is 23.6. The zero-order chi connectivity index (χ0) is 31.7. The quantitative estimate of drug-likeness (QED) is 0.224. The number of halogens is 2. The van der Waals surface area contributed by atoms with Gasteiger partial charge in [0.25, 0.3) is 17.8 Å². The fourth-order valence-corrected chi connectivity index (χ4v) is 4.31. The number of carbonyl (C=O) groups excluding carboxylic acids is 1. The van der Waals surface area contributed by atoms with Crippen LogP contribution in [0.1, 0.15) is 43.1 Å². The molecule has 3 heterocycles. The molecule has 13 nitrogen and oxygen atoms in total. The molecule has 0 bridgehead atoms.